The molecule has 2 amide bonds. The topological polar surface area (TPSA) is 54.5 Å². The van der Waals surface area contributed by atoms with E-state index in [1.54, 1.807) is 17.0 Å². The number of nitrogens with one attached hydrogen (secondary N) is 1. The average Bonchev–Trinajstić information content (AvgIpc) is 2.49. The van der Waals surface area contributed by atoms with E-state index >= 15 is 0 Å². The number of urea groups is 1. The van der Waals surface area contributed by atoms with Crippen LogP contribution in [-0.4, -0.2) is 41.8 Å². The first-order valence-electron chi connectivity index (χ1n) is 7.91. The van der Waals surface area contributed by atoms with E-state index in [0.29, 0.717) is 30.5 Å². The van der Waals surface area contributed by atoms with Crippen molar-refractivity contribution < 1.29 is 22.7 Å². The van der Waals surface area contributed by atoms with Gasteiger partial charge in [0, 0.05) is 31.4 Å². The highest BCUT2D eigenvalue weighted by molar-refractivity contribution is 5.74. The van der Waals surface area contributed by atoms with Crippen molar-refractivity contribution in [1.29, 1.82) is 0 Å². The number of nitrogens with zero attached hydrogens (tertiary/aromatic N) is 2. The van der Waals surface area contributed by atoms with E-state index in [1.165, 1.54) is 6.20 Å². The highest BCUT2D eigenvalue weighted by atomic mass is 19.4. The second-order valence-electron chi connectivity index (χ2n) is 6.38. The summed E-state index contributed by atoms with van der Waals surface area (Å²) in [6.07, 6.45) is -2.00. The van der Waals surface area contributed by atoms with Gasteiger partial charge in [-0.2, -0.15) is 13.2 Å². The zero-order valence-corrected chi connectivity index (χ0v) is 13.8. The fraction of sp³-hybridized carbons (Fsp3) is 0.625. The molecule has 2 heterocycles. The van der Waals surface area contributed by atoms with Crippen LogP contribution in [0.1, 0.15) is 25.8 Å². The van der Waals surface area contributed by atoms with Crippen LogP contribution in [0.4, 0.5) is 18.0 Å². The van der Waals surface area contributed by atoms with Gasteiger partial charge in [-0.15, -0.1) is 0 Å². The number of rotatable bonds is 4. The van der Waals surface area contributed by atoms with Crippen molar-refractivity contribution in [2.45, 2.75) is 33.0 Å². The normalized spacial score (nSPS) is 21.5. The largest absolute Gasteiger partial charge is 0.468 e. The molecule has 2 unspecified atom stereocenters. The third kappa shape index (κ3) is 5.58. The van der Waals surface area contributed by atoms with E-state index < -0.39 is 12.8 Å². The van der Waals surface area contributed by atoms with Gasteiger partial charge in [-0.1, -0.05) is 19.9 Å². The number of halogens is 3. The summed E-state index contributed by atoms with van der Waals surface area (Å²) >= 11 is 0. The Morgan fingerprint density at radius 1 is 1.38 bits per heavy atom. The highest BCUT2D eigenvalue weighted by Crippen LogP contribution is 2.22. The number of pyridine rings is 1. The number of likely N-dealkylation sites (tertiary alicyclic amines) is 1. The van der Waals surface area contributed by atoms with Crippen molar-refractivity contribution in [3.63, 3.8) is 0 Å². The van der Waals surface area contributed by atoms with Gasteiger partial charge in [-0.25, -0.2) is 9.78 Å². The molecule has 134 valence electrons. The van der Waals surface area contributed by atoms with E-state index in [2.05, 4.69) is 24.1 Å². The van der Waals surface area contributed by atoms with Gasteiger partial charge in [0.25, 0.3) is 0 Å². The van der Waals surface area contributed by atoms with Gasteiger partial charge in [0.1, 0.15) is 0 Å². The number of hydrogen-bond donors (Lipinski definition) is 1. The minimum absolute atomic E-state index is 0.0686. The molecule has 0 aliphatic carbocycles. The molecule has 0 saturated carbocycles. The van der Waals surface area contributed by atoms with Gasteiger partial charge in [-0.05, 0) is 24.3 Å². The summed E-state index contributed by atoms with van der Waals surface area (Å²) in [5.74, 6) is 0.752. The van der Waals surface area contributed by atoms with E-state index in [-0.39, 0.29) is 18.5 Å². The van der Waals surface area contributed by atoms with Gasteiger partial charge >= 0.3 is 12.2 Å². The summed E-state index contributed by atoms with van der Waals surface area (Å²) in [4.78, 5) is 17.8. The van der Waals surface area contributed by atoms with Crippen LogP contribution in [0.5, 0.6) is 5.88 Å². The molecule has 0 bridgehead atoms. The van der Waals surface area contributed by atoms with Crippen LogP contribution in [0, 0.1) is 11.8 Å². The molecular formula is C16H22F3N3O2. The molecule has 1 fully saturated rings. The quantitative estimate of drug-likeness (QED) is 0.912. The zero-order chi connectivity index (χ0) is 17.7. The molecule has 2 atom stereocenters. The van der Waals surface area contributed by atoms with Gasteiger partial charge in [0.05, 0.1) is 0 Å². The lowest BCUT2D eigenvalue weighted by atomic mass is 9.92. The maximum absolute atomic E-state index is 12.3. The zero-order valence-electron chi connectivity index (χ0n) is 13.8. The number of hydrogen-bond acceptors (Lipinski definition) is 3. The summed E-state index contributed by atoms with van der Waals surface area (Å²) in [7, 11) is 0. The molecule has 1 N–H and O–H groups in total. The summed E-state index contributed by atoms with van der Waals surface area (Å²) in [6.45, 7) is 4.22. The Morgan fingerprint density at radius 3 is 2.67 bits per heavy atom. The van der Waals surface area contributed by atoms with Crippen molar-refractivity contribution in [3.8, 4) is 5.88 Å². The molecule has 0 radical (unpaired) electrons. The van der Waals surface area contributed by atoms with Crippen LogP contribution in [0.3, 0.4) is 0 Å². The van der Waals surface area contributed by atoms with E-state index in [9.17, 15) is 18.0 Å². The molecule has 1 aliphatic heterocycles. The molecule has 8 heteroatoms. The molecule has 1 saturated heterocycles. The second-order valence-corrected chi connectivity index (χ2v) is 6.38. The van der Waals surface area contributed by atoms with Crippen molar-refractivity contribution in [1.82, 2.24) is 15.2 Å². The molecule has 1 aromatic rings. The molecule has 2 rings (SSSR count). The van der Waals surface area contributed by atoms with Gasteiger partial charge in [-0.3, -0.25) is 0 Å². The molecule has 0 aromatic carbocycles. The smallest absolute Gasteiger partial charge is 0.422 e. The Bertz CT molecular complexity index is 556. The van der Waals surface area contributed by atoms with Crippen LogP contribution < -0.4 is 10.1 Å². The number of carbonyl (C=O) groups excluding carboxylic acids is 1. The van der Waals surface area contributed by atoms with E-state index in [0.717, 1.165) is 6.42 Å². The van der Waals surface area contributed by atoms with Crippen LogP contribution in [0.2, 0.25) is 0 Å². The standard InChI is InChI=1S/C16H22F3N3O2/c1-11-6-12(2)9-22(8-11)15(23)21-7-13-4-3-5-20-14(13)24-10-16(17,18)19/h3-5,11-12H,6-10H2,1-2H3,(H,21,23). The lowest BCUT2D eigenvalue weighted by Gasteiger charge is -2.34. The summed E-state index contributed by atoms with van der Waals surface area (Å²) in [5.41, 5.74) is 0.410. The number of ether oxygens (including phenoxy) is 1. The van der Waals surface area contributed by atoms with Gasteiger partial charge in [0.2, 0.25) is 5.88 Å². The molecule has 5 nitrogen and oxygen atoms in total. The predicted molar refractivity (Wildman–Crippen MR) is 82.5 cm³/mol. The average molecular weight is 345 g/mol. The maximum Gasteiger partial charge on any atom is 0.422 e. The van der Waals surface area contributed by atoms with Crippen LogP contribution >= 0.6 is 0 Å². The third-order valence-corrected chi connectivity index (χ3v) is 3.81. The number of amides is 2. The molecule has 24 heavy (non-hydrogen) atoms. The number of carbonyl (C=O) groups is 1. The molecule has 0 spiro atoms. The summed E-state index contributed by atoms with van der Waals surface area (Å²) < 4.78 is 41.5. The summed E-state index contributed by atoms with van der Waals surface area (Å²) in [6, 6.07) is 2.95. The van der Waals surface area contributed by atoms with Crippen molar-refractivity contribution in [3.05, 3.63) is 23.9 Å². The highest BCUT2D eigenvalue weighted by Gasteiger charge is 2.29. The minimum atomic E-state index is -4.43. The van der Waals surface area contributed by atoms with Crippen LogP contribution in [-0.2, 0) is 6.54 Å². The first-order chi connectivity index (χ1) is 11.2. The van der Waals surface area contributed by atoms with Crippen molar-refractivity contribution >= 4 is 6.03 Å². The lowest BCUT2D eigenvalue weighted by molar-refractivity contribution is -0.154. The number of piperidine rings is 1. The third-order valence-electron chi connectivity index (χ3n) is 3.81. The second kappa shape index (κ2) is 7.72. The number of aromatic nitrogens is 1. The first-order valence-corrected chi connectivity index (χ1v) is 7.91. The molecule has 1 aromatic heterocycles. The van der Waals surface area contributed by atoms with Crippen LogP contribution in [0.15, 0.2) is 18.3 Å². The van der Waals surface area contributed by atoms with E-state index in [1.807, 2.05) is 0 Å². The van der Waals surface area contributed by atoms with Crippen molar-refractivity contribution in [2.75, 3.05) is 19.7 Å². The Morgan fingerprint density at radius 2 is 2.04 bits per heavy atom. The van der Waals surface area contributed by atoms with Gasteiger partial charge < -0.3 is 15.0 Å². The fourth-order valence-corrected chi connectivity index (χ4v) is 2.95. The monoisotopic (exact) mass is 345 g/mol. The minimum Gasteiger partial charge on any atom is -0.468 e. The fourth-order valence-electron chi connectivity index (χ4n) is 2.95. The van der Waals surface area contributed by atoms with E-state index in [4.69, 9.17) is 4.74 Å². The lowest BCUT2D eigenvalue weighted by Crippen LogP contribution is -2.47. The van der Waals surface area contributed by atoms with Gasteiger partial charge in [0.15, 0.2) is 6.61 Å². The Hall–Kier alpha value is -1.99. The molecular weight excluding hydrogens is 323 g/mol. The first kappa shape index (κ1) is 18.4. The van der Waals surface area contributed by atoms with Crippen LogP contribution in [0.25, 0.3) is 0 Å². The SMILES string of the molecule is CC1CC(C)CN(C(=O)NCc2cccnc2OCC(F)(F)F)C1. The maximum atomic E-state index is 12.3. The number of alkyl halides is 3. The summed E-state index contributed by atoms with van der Waals surface area (Å²) in [5, 5.41) is 2.73. The predicted octanol–water partition coefficient (Wildman–Crippen LogP) is 3.21. The van der Waals surface area contributed by atoms with Crippen molar-refractivity contribution in [2.24, 2.45) is 11.8 Å². The Labute approximate surface area is 139 Å². The molecule has 1 aliphatic rings. The Kier molecular flexibility index (Phi) is 5.90. The Balaban J connectivity index is 1.93.